The molecule has 106 valence electrons. The maximum Gasteiger partial charge on any atom is 0.336 e. The molecule has 0 unspecified atom stereocenters. The van der Waals surface area contributed by atoms with E-state index in [1.807, 2.05) is 12.1 Å². The summed E-state index contributed by atoms with van der Waals surface area (Å²) < 4.78 is 0. The molecule has 0 atom stereocenters. The van der Waals surface area contributed by atoms with Gasteiger partial charge in [0.1, 0.15) is 0 Å². The predicted molar refractivity (Wildman–Crippen MR) is 83.0 cm³/mol. The summed E-state index contributed by atoms with van der Waals surface area (Å²) in [6.45, 7) is 0. The van der Waals surface area contributed by atoms with Crippen LogP contribution < -0.4 is 0 Å². The Labute approximate surface area is 131 Å². The van der Waals surface area contributed by atoms with Crippen molar-refractivity contribution in [1.82, 2.24) is 4.98 Å². The Morgan fingerprint density at radius 1 is 1.29 bits per heavy atom. The number of nitrogens with zero attached hydrogens (tertiary/aromatic N) is 1. The number of carboxylic acid groups (broad SMARTS) is 1. The first-order chi connectivity index (χ1) is 10.0. The van der Waals surface area contributed by atoms with Crippen LogP contribution in [-0.4, -0.2) is 16.1 Å². The fraction of sp³-hybridized carbons (Fsp3) is 0.125. The molecule has 0 amide bonds. The van der Waals surface area contributed by atoms with E-state index in [1.165, 1.54) is 12.3 Å². The van der Waals surface area contributed by atoms with E-state index in [9.17, 15) is 9.90 Å². The molecule has 3 nitrogen and oxygen atoms in total. The molecule has 1 N–H and O–H groups in total. The highest BCUT2D eigenvalue weighted by atomic mass is 35.5. The Morgan fingerprint density at radius 3 is 2.81 bits per heavy atom. The van der Waals surface area contributed by atoms with E-state index >= 15 is 0 Å². The highest BCUT2D eigenvalue weighted by Gasteiger charge is 2.21. The van der Waals surface area contributed by atoms with E-state index in [1.54, 1.807) is 12.1 Å². The summed E-state index contributed by atoms with van der Waals surface area (Å²) in [5.41, 5.74) is 3.88. The molecule has 0 spiro atoms. The summed E-state index contributed by atoms with van der Waals surface area (Å²) >= 11 is 12.1. The van der Waals surface area contributed by atoms with Crippen LogP contribution in [0.1, 0.15) is 27.2 Å². The second kappa shape index (κ2) is 5.51. The number of aromatic nitrogens is 1. The highest BCUT2D eigenvalue weighted by molar-refractivity contribution is 6.35. The number of aromatic carboxylic acids is 1. The summed E-state index contributed by atoms with van der Waals surface area (Å²) in [5, 5.41) is 10.4. The van der Waals surface area contributed by atoms with Gasteiger partial charge in [-0.3, -0.25) is 4.98 Å². The lowest BCUT2D eigenvalue weighted by atomic mass is 10.0. The SMILES string of the molecule is O=C(O)c1ccnc2c1CC(Cc1ccc(Cl)cc1Cl)=C2. The minimum Gasteiger partial charge on any atom is -0.478 e. The first-order valence-electron chi connectivity index (χ1n) is 6.39. The molecule has 5 heteroatoms. The van der Waals surface area contributed by atoms with Crippen molar-refractivity contribution in [2.45, 2.75) is 12.8 Å². The molecule has 1 heterocycles. The fourth-order valence-corrected chi connectivity index (χ4v) is 2.99. The maximum absolute atomic E-state index is 11.2. The van der Waals surface area contributed by atoms with Crippen LogP contribution in [0.25, 0.3) is 6.08 Å². The minimum absolute atomic E-state index is 0.313. The third-order valence-corrected chi connectivity index (χ3v) is 4.08. The predicted octanol–water partition coefficient (Wildman–Crippen LogP) is 4.27. The maximum atomic E-state index is 11.2. The van der Waals surface area contributed by atoms with Gasteiger partial charge in [-0.15, -0.1) is 0 Å². The van der Waals surface area contributed by atoms with Crippen LogP contribution in [-0.2, 0) is 12.8 Å². The minimum atomic E-state index is -0.923. The van der Waals surface area contributed by atoms with Crippen LogP contribution in [0.5, 0.6) is 0 Å². The second-order valence-electron chi connectivity index (χ2n) is 4.92. The zero-order valence-electron chi connectivity index (χ0n) is 10.9. The number of rotatable bonds is 3. The number of benzene rings is 1. The third-order valence-electron chi connectivity index (χ3n) is 3.50. The number of halogens is 2. The van der Waals surface area contributed by atoms with Crippen molar-refractivity contribution >= 4 is 35.2 Å². The molecule has 1 aliphatic rings. The van der Waals surface area contributed by atoms with Crippen molar-refractivity contribution in [3.8, 4) is 0 Å². The molecule has 1 aliphatic carbocycles. The molecular weight excluding hydrogens is 309 g/mol. The molecule has 0 fully saturated rings. The molecule has 3 rings (SSSR count). The van der Waals surface area contributed by atoms with Gasteiger partial charge in [-0.1, -0.05) is 34.8 Å². The lowest BCUT2D eigenvalue weighted by Gasteiger charge is -2.06. The van der Waals surface area contributed by atoms with Crippen LogP contribution in [0.4, 0.5) is 0 Å². The number of carboxylic acids is 1. The van der Waals surface area contributed by atoms with E-state index in [0.29, 0.717) is 28.5 Å². The van der Waals surface area contributed by atoms with Gasteiger partial charge < -0.3 is 5.11 Å². The van der Waals surface area contributed by atoms with Crippen molar-refractivity contribution in [2.24, 2.45) is 0 Å². The molecular formula is C16H11Cl2NO2. The Hall–Kier alpha value is -1.84. The Kier molecular flexibility index (Phi) is 3.70. The fourth-order valence-electron chi connectivity index (χ4n) is 2.51. The van der Waals surface area contributed by atoms with Gasteiger partial charge in [0.25, 0.3) is 0 Å². The van der Waals surface area contributed by atoms with Crippen molar-refractivity contribution < 1.29 is 9.90 Å². The molecule has 1 aromatic carbocycles. The van der Waals surface area contributed by atoms with Gasteiger partial charge in [0.15, 0.2) is 0 Å². The lowest BCUT2D eigenvalue weighted by Crippen LogP contribution is -2.04. The van der Waals surface area contributed by atoms with E-state index in [2.05, 4.69) is 4.98 Å². The van der Waals surface area contributed by atoms with E-state index in [4.69, 9.17) is 23.2 Å². The topological polar surface area (TPSA) is 50.2 Å². The standard InChI is InChI=1S/C16H11Cl2NO2/c17-11-2-1-10(14(18)8-11)5-9-6-13-12(16(20)21)3-4-19-15(13)7-9/h1-4,7-8H,5-6H2,(H,20,21). The van der Waals surface area contributed by atoms with Gasteiger partial charge in [0.2, 0.25) is 0 Å². The van der Waals surface area contributed by atoms with Gasteiger partial charge in [-0.2, -0.15) is 0 Å². The first kappa shape index (κ1) is 14.1. The molecule has 0 bridgehead atoms. The monoisotopic (exact) mass is 319 g/mol. The number of hydrogen-bond acceptors (Lipinski definition) is 2. The van der Waals surface area contributed by atoms with Crippen LogP contribution >= 0.6 is 23.2 Å². The summed E-state index contributed by atoms with van der Waals surface area (Å²) in [6.07, 6.45) is 4.71. The summed E-state index contributed by atoms with van der Waals surface area (Å²) in [6, 6.07) is 6.93. The zero-order valence-corrected chi connectivity index (χ0v) is 12.4. The van der Waals surface area contributed by atoms with Crippen LogP contribution in [0, 0.1) is 0 Å². The number of hydrogen-bond donors (Lipinski definition) is 1. The van der Waals surface area contributed by atoms with Gasteiger partial charge in [-0.25, -0.2) is 4.79 Å². The first-order valence-corrected chi connectivity index (χ1v) is 7.15. The molecule has 0 saturated heterocycles. The number of allylic oxidation sites excluding steroid dienone is 1. The Bertz CT molecular complexity index is 769. The van der Waals surface area contributed by atoms with Gasteiger partial charge in [0.05, 0.1) is 11.3 Å². The smallest absolute Gasteiger partial charge is 0.336 e. The van der Waals surface area contributed by atoms with Crippen LogP contribution in [0.15, 0.2) is 36.0 Å². The van der Waals surface area contributed by atoms with Gasteiger partial charge in [0, 0.05) is 16.2 Å². The van der Waals surface area contributed by atoms with Crippen molar-refractivity contribution in [2.75, 3.05) is 0 Å². The van der Waals surface area contributed by atoms with Crippen molar-refractivity contribution in [3.05, 3.63) is 68.5 Å². The average molecular weight is 320 g/mol. The van der Waals surface area contributed by atoms with E-state index in [0.717, 1.165) is 22.4 Å². The van der Waals surface area contributed by atoms with Gasteiger partial charge >= 0.3 is 5.97 Å². The van der Waals surface area contributed by atoms with Crippen LogP contribution in [0.2, 0.25) is 10.0 Å². The van der Waals surface area contributed by atoms with E-state index in [-0.39, 0.29) is 0 Å². The molecule has 2 aromatic rings. The van der Waals surface area contributed by atoms with Crippen molar-refractivity contribution in [1.29, 1.82) is 0 Å². The van der Waals surface area contributed by atoms with E-state index < -0.39 is 5.97 Å². The third kappa shape index (κ3) is 2.80. The van der Waals surface area contributed by atoms with Crippen molar-refractivity contribution in [3.63, 3.8) is 0 Å². The number of fused-ring (bicyclic) bond motifs is 1. The Morgan fingerprint density at radius 2 is 2.10 bits per heavy atom. The second-order valence-corrected chi connectivity index (χ2v) is 5.76. The quantitative estimate of drug-likeness (QED) is 0.919. The Balaban J connectivity index is 1.87. The molecule has 21 heavy (non-hydrogen) atoms. The highest BCUT2D eigenvalue weighted by Crippen LogP contribution is 2.30. The molecule has 0 saturated carbocycles. The van der Waals surface area contributed by atoms with Crippen LogP contribution in [0.3, 0.4) is 0 Å². The lowest BCUT2D eigenvalue weighted by molar-refractivity contribution is 0.0695. The summed E-state index contributed by atoms with van der Waals surface area (Å²) in [5.74, 6) is -0.923. The normalized spacial score (nSPS) is 13.0. The molecule has 1 aromatic heterocycles. The largest absolute Gasteiger partial charge is 0.478 e. The number of carbonyl (C=O) groups is 1. The summed E-state index contributed by atoms with van der Waals surface area (Å²) in [4.78, 5) is 15.5. The average Bonchev–Trinajstić information content (AvgIpc) is 2.83. The zero-order chi connectivity index (χ0) is 15.0. The van der Waals surface area contributed by atoms with Gasteiger partial charge in [-0.05, 0) is 48.2 Å². The molecule has 0 aliphatic heterocycles. The summed E-state index contributed by atoms with van der Waals surface area (Å²) in [7, 11) is 0. The number of pyridine rings is 1. The molecule has 0 radical (unpaired) electrons.